The summed E-state index contributed by atoms with van der Waals surface area (Å²) in [6.45, 7) is 5.77. The minimum Gasteiger partial charge on any atom is -0.379 e. The first-order valence-corrected chi connectivity index (χ1v) is 12.3. The predicted octanol–water partition coefficient (Wildman–Crippen LogP) is 4.55. The lowest BCUT2D eigenvalue weighted by molar-refractivity contribution is 0.0734. The molecule has 0 spiro atoms. The van der Waals surface area contributed by atoms with Crippen LogP contribution in [-0.2, 0) is 17.7 Å². The normalized spacial score (nSPS) is 20.0. The van der Waals surface area contributed by atoms with Crippen LogP contribution in [0.4, 0.5) is 0 Å². The number of carbonyl (C=O) groups excluding carboxylic acids is 1. The van der Waals surface area contributed by atoms with Gasteiger partial charge in [0.2, 0.25) is 0 Å². The Labute approximate surface area is 196 Å². The van der Waals surface area contributed by atoms with Crippen LogP contribution in [0.3, 0.4) is 0 Å². The predicted molar refractivity (Wildman–Crippen MR) is 131 cm³/mol. The highest BCUT2D eigenvalue weighted by Gasteiger charge is 2.25. The zero-order valence-corrected chi connectivity index (χ0v) is 19.3. The van der Waals surface area contributed by atoms with Crippen LogP contribution in [-0.4, -0.2) is 60.1 Å². The van der Waals surface area contributed by atoms with Gasteiger partial charge in [-0.1, -0.05) is 36.8 Å². The van der Waals surface area contributed by atoms with E-state index in [9.17, 15) is 4.79 Å². The fourth-order valence-electron chi connectivity index (χ4n) is 5.18. The Bertz CT molecular complexity index is 1090. The summed E-state index contributed by atoms with van der Waals surface area (Å²) in [6, 6.07) is 16.8. The van der Waals surface area contributed by atoms with Crippen LogP contribution in [0.15, 0.2) is 60.9 Å². The third kappa shape index (κ3) is 5.43. The van der Waals surface area contributed by atoms with Crippen molar-refractivity contribution in [3.05, 3.63) is 77.6 Å². The van der Waals surface area contributed by atoms with Gasteiger partial charge in [-0.25, -0.2) is 0 Å². The Hall–Kier alpha value is -2.76. The average molecular weight is 444 g/mol. The molecule has 2 aromatic carbocycles. The van der Waals surface area contributed by atoms with Crippen LogP contribution in [0.25, 0.3) is 10.8 Å². The van der Waals surface area contributed by atoms with E-state index in [1.807, 2.05) is 35.5 Å². The number of fused-ring (bicyclic) bond motifs is 1. The zero-order chi connectivity index (χ0) is 22.5. The van der Waals surface area contributed by atoms with Crippen LogP contribution in [0, 0.1) is 5.92 Å². The van der Waals surface area contributed by atoms with Gasteiger partial charge in [0.25, 0.3) is 5.91 Å². The molecule has 172 valence electrons. The highest BCUT2D eigenvalue weighted by Crippen LogP contribution is 2.22. The number of hydrogen-bond acceptors (Lipinski definition) is 4. The Morgan fingerprint density at radius 1 is 1.00 bits per heavy atom. The monoisotopic (exact) mass is 443 g/mol. The minimum absolute atomic E-state index is 0.140. The molecular weight excluding hydrogens is 410 g/mol. The number of rotatable bonds is 5. The molecule has 3 aromatic rings. The van der Waals surface area contributed by atoms with E-state index in [0.29, 0.717) is 19.8 Å². The van der Waals surface area contributed by atoms with Gasteiger partial charge in [-0.05, 0) is 67.1 Å². The molecule has 0 unspecified atom stereocenters. The standard InChI is InChI=1S/C28H33N3O2/c32-28(27-7-3-2-6-25(27)20-30-12-4-1-5-13-30)31-14-15-33-21-23(19-31)16-22-8-9-24-10-11-29-18-26(24)17-22/h2-3,6-11,17-18,23H,1,4-5,12-16,19-21H2/t23-/m0/s1. The van der Waals surface area contributed by atoms with Crippen molar-refractivity contribution in [1.29, 1.82) is 0 Å². The second-order valence-electron chi connectivity index (χ2n) is 9.45. The molecule has 0 saturated carbocycles. The van der Waals surface area contributed by atoms with Gasteiger partial charge in [-0.2, -0.15) is 0 Å². The molecule has 2 saturated heterocycles. The van der Waals surface area contributed by atoms with E-state index >= 15 is 0 Å². The molecule has 5 rings (SSSR count). The SMILES string of the molecule is O=C(c1ccccc1CN1CCCCC1)N1CCOC[C@@H](Cc2ccc3ccncc3c2)C1. The van der Waals surface area contributed by atoms with E-state index in [-0.39, 0.29) is 11.8 Å². The molecular formula is C28H33N3O2. The summed E-state index contributed by atoms with van der Waals surface area (Å²) < 4.78 is 5.92. The summed E-state index contributed by atoms with van der Waals surface area (Å²) in [5, 5.41) is 2.36. The highest BCUT2D eigenvalue weighted by atomic mass is 16.5. The summed E-state index contributed by atoms with van der Waals surface area (Å²) >= 11 is 0. The van der Waals surface area contributed by atoms with Gasteiger partial charge in [0.1, 0.15) is 0 Å². The number of pyridine rings is 1. The summed E-state index contributed by atoms with van der Waals surface area (Å²) in [5.74, 6) is 0.417. The number of aromatic nitrogens is 1. The molecule has 1 amide bonds. The van der Waals surface area contributed by atoms with Crippen molar-refractivity contribution >= 4 is 16.7 Å². The topological polar surface area (TPSA) is 45.7 Å². The van der Waals surface area contributed by atoms with E-state index < -0.39 is 0 Å². The summed E-state index contributed by atoms with van der Waals surface area (Å²) in [4.78, 5) is 22.4. The maximum absolute atomic E-state index is 13.6. The average Bonchev–Trinajstić information content (AvgIpc) is 3.10. The van der Waals surface area contributed by atoms with Gasteiger partial charge in [-0.3, -0.25) is 14.7 Å². The number of likely N-dealkylation sites (tertiary alicyclic amines) is 1. The zero-order valence-electron chi connectivity index (χ0n) is 19.3. The number of benzene rings is 2. The van der Waals surface area contributed by atoms with E-state index in [1.54, 1.807) is 0 Å². The second-order valence-corrected chi connectivity index (χ2v) is 9.45. The maximum Gasteiger partial charge on any atom is 0.254 e. The summed E-state index contributed by atoms with van der Waals surface area (Å²) in [5.41, 5.74) is 3.26. The Morgan fingerprint density at radius 3 is 2.79 bits per heavy atom. The number of piperidine rings is 1. The van der Waals surface area contributed by atoms with Gasteiger partial charge in [0, 0.05) is 48.9 Å². The maximum atomic E-state index is 13.6. The molecule has 5 heteroatoms. The van der Waals surface area contributed by atoms with Gasteiger partial charge < -0.3 is 9.64 Å². The molecule has 33 heavy (non-hydrogen) atoms. The van der Waals surface area contributed by atoms with Gasteiger partial charge in [0.05, 0.1) is 13.2 Å². The third-order valence-electron chi connectivity index (χ3n) is 6.94. The smallest absolute Gasteiger partial charge is 0.254 e. The Balaban J connectivity index is 1.30. The quantitative estimate of drug-likeness (QED) is 0.580. The lowest BCUT2D eigenvalue weighted by atomic mass is 9.97. The molecule has 2 fully saturated rings. The van der Waals surface area contributed by atoms with Crippen LogP contribution >= 0.6 is 0 Å². The number of ether oxygens (including phenoxy) is 1. The van der Waals surface area contributed by atoms with Crippen LogP contribution in [0.2, 0.25) is 0 Å². The first-order chi connectivity index (χ1) is 16.3. The van der Waals surface area contributed by atoms with Gasteiger partial charge in [0.15, 0.2) is 0 Å². The van der Waals surface area contributed by atoms with Gasteiger partial charge in [-0.15, -0.1) is 0 Å². The largest absolute Gasteiger partial charge is 0.379 e. The van der Waals surface area contributed by atoms with Crippen LogP contribution in [0.1, 0.15) is 40.7 Å². The van der Waals surface area contributed by atoms with E-state index in [4.69, 9.17) is 4.74 Å². The molecule has 0 radical (unpaired) electrons. The first-order valence-electron chi connectivity index (χ1n) is 12.3. The number of amides is 1. The lowest BCUT2D eigenvalue weighted by Crippen LogP contribution is -2.37. The number of hydrogen-bond donors (Lipinski definition) is 0. The Kier molecular flexibility index (Phi) is 6.98. The number of nitrogens with zero attached hydrogens (tertiary/aromatic N) is 3. The minimum atomic E-state index is 0.140. The fourth-order valence-corrected chi connectivity index (χ4v) is 5.18. The van der Waals surface area contributed by atoms with Crippen molar-refractivity contribution in [2.24, 2.45) is 5.92 Å². The van der Waals surface area contributed by atoms with Crippen LogP contribution in [0.5, 0.6) is 0 Å². The molecule has 3 heterocycles. The van der Waals surface area contributed by atoms with Crippen molar-refractivity contribution in [1.82, 2.24) is 14.8 Å². The third-order valence-corrected chi connectivity index (χ3v) is 6.94. The van der Waals surface area contributed by atoms with Gasteiger partial charge >= 0.3 is 0 Å². The Morgan fingerprint density at radius 2 is 1.88 bits per heavy atom. The molecule has 2 aliphatic heterocycles. The molecule has 1 aromatic heterocycles. The van der Waals surface area contributed by atoms with Crippen molar-refractivity contribution in [2.45, 2.75) is 32.2 Å². The van der Waals surface area contributed by atoms with E-state index in [0.717, 1.165) is 49.1 Å². The van der Waals surface area contributed by atoms with Crippen molar-refractivity contribution in [3.63, 3.8) is 0 Å². The summed E-state index contributed by atoms with van der Waals surface area (Å²) in [7, 11) is 0. The van der Waals surface area contributed by atoms with Crippen molar-refractivity contribution in [2.75, 3.05) is 39.4 Å². The van der Waals surface area contributed by atoms with E-state index in [1.165, 1.54) is 30.2 Å². The fraction of sp³-hybridized carbons (Fsp3) is 0.429. The lowest BCUT2D eigenvalue weighted by Gasteiger charge is -2.28. The molecule has 0 bridgehead atoms. The molecule has 0 N–H and O–H groups in total. The van der Waals surface area contributed by atoms with Crippen molar-refractivity contribution in [3.8, 4) is 0 Å². The van der Waals surface area contributed by atoms with Crippen LogP contribution < -0.4 is 0 Å². The molecule has 1 atom stereocenters. The molecule has 2 aliphatic rings. The molecule has 5 nitrogen and oxygen atoms in total. The highest BCUT2D eigenvalue weighted by molar-refractivity contribution is 5.95. The first kappa shape index (κ1) is 22.1. The summed E-state index contributed by atoms with van der Waals surface area (Å²) in [6.07, 6.45) is 8.47. The number of carbonyl (C=O) groups is 1. The molecule has 0 aliphatic carbocycles. The van der Waals surface area contributed by atoms with E-state index in [2.05, 4.69) is 40.2 Å². The van der Waals surface area contributed by atoms with Crippen molar-refractivity contribution < 1.29 is 9.53 Å². The second kappa shape index (κ2) is 10.4.